The Hall–Kier alpha value is -1.08. The zero-order valence-electron chi connectivity index (χ0n) is 10.4. The Labute approximate surface area is 111 Å². The molecular weight excluding hydrogens is 236 g/mol. The van der Waals surface area contributed by atoms with Crippen molar-refractivity contribution in [1.29, 1.82) is 0 Å². The third-order valence-electron chi connectivity index (χ3n) is 5.34. The highest BCUT2D eigenvalue weighted by Gasteiger charge is 2.45. The highest BCUT2D eigenvalue weighted by atomic mass is 32.1. The molecule has 1 heteroatoms. The number of hydrogen-bond acceptors (Lipinski definition) is 1. The van der Waals surface area contributed by atoms with E-state index in [0.29, 0.717) is 0 Å². The summed E-state index contributed by atoms with van der Waals surface area (Å²) in [5.41, 5.74) is 3.48. The highest BCUT2D eigenvalue weighted by Crippen LogP contribution is 2.60. The van der Waals surface area contributed by atoms with Crippen molar-refractivity contribution in [3.05, 3.63) is 40.3 Å². The number of benzene rings is 1. The van der Waals surface area contributed by atoms with Gasteiger partial charge in [-0.2, -0.15) is 0 Å². The number of allylic oxidation sites excluding steroid dienone is 1. The highest BCUT2D eigenvalue weighted by molar-refractivity contribution is 7.20. The first-order chi connectivity index (χ1) is 8.92. The summed E-state index contributed by atoms with van der Waals surface area (Å²) >= 11 is 2.00. The smallest absolute Gasteiger partial charge is 0.0352 e. The zero-order valence-corrected chi connectivity index (χ0v) is 11.2. The average Bonchev–Trinajstić information content (AvgIpc) is 3.05. The number of hydrogen-bond donors (Lipinski definition) is 0. The Balaban J connectivity index is 1.73. The lowest BCUT2D eigenvalue weighted by Crippen LogP contribution is -1.98. The van der Waals surface area contributed by atoms with Gasteiger partial charge in [0.15, 0.2) is 0 Å². The zero-order chi connectivity index (χ0) is 11.7. The van der Waals surface area contributed by atoms with Crippen LogP contribution in [0, 0.1) is 11.8 Å². The molecule has 0 N–H and O–H groups in total. The van der Waals surface area contributed by atoms with E-state index >= 15 is 0 Å². The minimum Gasteiger partial charge on any atom is -0.136 e. The molecule has 1 aromatic heterocycles. The SMILES string of the molecule is C1=C2C(CC3CCCC23)c2c1sc1ccccc21. The summed E-state index contributed by atoms with van der Waals surface area (Å²) in [6.45, 7) is 0. The predicted molar refractivity (Wildman–Crippen MR) is 78.0 cm³/mol. The second-order valence-corrected chi connectivity index (χ2v) is 7.19. The van der Waals surface area contributed by atoms with Crippen molar-refractivity contribution in [2.45, 2.75) is 31.6 Å². The van der Waals surface area contributed by atoms with E-state index in [1.165, 1.54) is 35.8 Å². The summed E-state index contributed by atoms with van der Waals surface area (Å²) in [5.74, 6) is 2.73. The van der Waals surface area contributed by atoms with Crippen molar-refractivity contribution in [3.63, 3.8) is 0 Å². The molecule has 3 unspecified atom stereocenters. The van der Waals surface area contributed by atoms with Gasteiger partial charge in [0.05, 0.1) is 0 Å². The van der Waals surface area contributed by atoms with E-state index < -0.39 is 0 Å². The number of rotatable bonds is 0. The van der Waals surface area contributed by atoms with Crippen molar-refractivity contribution >= 4 is 27.5 Å². The molecule has 3 atom stereocenters. The summed E-state index contributed by atoms with van der Waals surface area (Å²) in [6, 6.07) is 8.97. The number of thiophene rings is 1. The minimum absolute atomic E-state index is 0.784. The van der Waals surface area contributed by atoms with Crippen LogP contribution in [-0.2, 0) is 0 Å². The summed E-state index contributed by atoms with van der Waals surface area (Å²) < 4.78 is 1.48. The quantitative estimate of drug-likeness (QED) is 0.604. The third kappa shape index (κ3) is 1.07. The molecule has 1 heterocycles. The van der Waals surface area contributed by atoms with Crippen LogP contribution >= 0.6 is 11.3 Å². The molecule has 0 radical (unpaired) electrons. The molecular formula is C17H16S. The third-order valence-corrected chi connectivity index (χ3v) is 6.47. The van der Waals surface area contributed by atoms with E-state index in [0.717, 1.165) is 17.8 Å². The van der Waals surface area contributed by atoms with Crippen LogP contribution in [-0.4, -0.2) is 0 Å². The number of fused-ring (bicyclic) bond motifs is 7. The second kappa shape index (κ2) is 3.27. The van der Waals surface area contributed by atoms with Gasteiger partial charge in [0.25, 0.3) is 0 Å². The van der Waals surface area contributed by atoms with Gasteiger partial charge < -0.3 is 0 Å². The monoisotopic (exact) mass is 252 g/mol. The first-order valence-electron chi connectivity index (χ1n) is 7.15. The molecule has 2 saturated carbocycles. The lowest BCUT2D eigenvalue weighted by atomic mass is 9.94. The fourth-order valence-electron chi connectivity index (χ4n) is 4.65. The molecule has 0 spiro atoms. The van der Waals surface area contributed by atoms with Gasteiger partial charge in [-0.05, 0) is 54.2 Å². The summed E-state index contributed by atoms with van der Waals surface area (Å²) in [4.78, 5) is 1.57. The van der Waals surface area contributed by atoms with Gasteiger partial charge in [-0.15, -0.1) is 11.3 Å². The molecule has 0 bridgehead atoms. The molecule has 3 aliphatic carbocycles. The van der Waals surface area contributed by atoms with Crippen molar-refractivity contribution < 1.29 is 0 Å². The summed E-state index contributed by atoms with van der Waals surface area (Å²) in [7, 11) is 0. The van der Waals surface area contributed by atoms with Crippen LogP contribution in [0.1, 0.15) is 42.0 Å². The van der Waals surface area contributed by atoms with Crippen LogP contribution in [0.5, 0.6) is 0 Å². The van der Waals surface area contributed by atoms with Gasteiger partial charge in [0.2, 0.25) is 0 Å². The van der Waals surface area contributed by atoms with E-state index in [1.54, 1.807) is 16.0 Å². The largest absolute Gasteiger partial charge is 0.136 e. The molecule has 0 aliphatic heterocycles. The molecule has 18 heavy (non-hydrogen) atoms. The van der Waals surface area contributed by atoms with Crippen LogP contribution in [0.15, 0.2) is 29.8 Å². The molecule has 0 nitrogen and oxygen atoms in total. The summed E-state index contributed by atoms with van der Waals surface area (Å²) in [5, 5.41) is 1.54. The van der Waals surface area contributed by atoms with Crippen molar-refractivity contribution in [3.8, 4) is 0 Å². The van der Waals surface area contributed by atoms with Crippen LogP contribution < -0.4 is 0 Å². The summed E-state index contributed by atoms with van der Waals surface area (Å²) in [6.07, 6.45) is 8.40. The Bertz CT molecular complexity index is 676. The van der Waals surface area contributed by atoms with Crippen molar-refractivity contribution in [1.82, 2.24) is 0 Å². The maximum atomic E-state index is 2.56. The first-order valence-corrected chi connectivity index (χ1v) is 7.96. The van der Waals surface area contributed by atoms with Gasteiger partial charge in [-0.1, -0.05) is 30.2 Å². The van der Waals surface area contributed by atoms with Crippen molar-refractivity contribution in [2.24, 2.45) is 11.8 Å². The van der Waals surface area contributed by atoms with Crippen LogP contribution in [0.2, 0.25) is 0 Å². The lowest BCUT2D eigenvalue weighted by molar-refractivity contribution is 0.485. The standard InChI is InChI=1S/C17H16S/c1-2-7-15-12(5-1)17-14-8-10-4-3-6-11(10)13(14)9-16(17)18-15/h1-2,5,7,9-11,14H,3-4,6,8H2. The van der Waals surface area contributed by atoms with Crippen LogP contribution in [0.4, 0.5) is 0 Å². The van der Waals surface area contributed by atoms with Gasteiger partial charge in [-0.25, -0.2) is 0 Å². The Morgan fingerprint density at radius 1 is 1.11 bits per heavy atom. The van der Waals surface area contributed by atoms with E-state index in [2.05, 4.69) is 30.3 Å². The molecule has 0 amide bonds. The Morgan fingerprint density at radius 2 is 2.06 bits per heavy atom. The van der Waals surface area contributed by atoms with Crippen LogP contribution in [0.3, 0.4) is 0 Å². The molecule has 1 aromatic carbocycles. The maximum Gasteiger partial charge on any atom is 0.0352 e. The van der Waals surface area contributed by atoms with Crippen LogP contribution in [0.25, 0.3) is 16.2 Å². The van der Waals surface area contributed by atoms with Crippen molar-refractivity contribution in [2.75, 3.05) is 0 Å². The Kier molecular flexibility index (Phi) is 1.78. The van der Waals surface area contributed by atoms with E-state index in [-0.39, 0.29) is 0 Å². The Morgan fingerprint density at radius 3 is 3.06 bits per heavy atom. The van der Waals surface area contributed by atoms with Gasteiger partial charge in [-0.3, -0.25) is 0 Å². The average molecular weight is 252 g/mol. The van der Waals surface area contributed by atoms with E-state index in [1.807, 2.05) is 11.3 Å². The van der Waals surface area contributed by atoms with E-state index in [9.17, 15) is 0 Å². The van der Waals surface area contributed by atoms with E-state index in [4.69, 9.17) is 0 Å². The molecule has 3 aliphatic rings. The molecule has 5 rings (SSSR count). The molecule has 90 valence electrons. The molecule has 2 fully saturated rings. The fraction of sp³-hybridized carbons (Fsp3) is 0.412. The lowest BCUT2D eigenvalue weighted by Gasteiger charge is -2.10. The second-order valence-electron chi connectivity index (χ2n) is 6.11. The topological polar surface area (TPSA) is 0 Å². The maximum absolute atomic E-state index is 2.56. The van der Waals surface area contributed by atoms with Gasteiger partial charge >= 0.3 is 0 Å². The minimum atomic E-state index is 0.784. The molecule has 2 aromatic rings. The normalized spacial score (nSPS) is 32.4. The fourth-order valence-corrected chi connectivity index (χ4v) is 5.88. The van der Waals surface area contributed by atoms with Gasteiger partial charge in [0, 0.05) is 15.5 Å². The first kappa shape index (κ1) is 9.80. The predicted octanol–water partition coefficient (Wildman–Crippen LogP) is 5.20. The molecule has 0 saturated heterocycles. The van der Waals surface area contributed by atoms with Gasteiger partial charge in [0.1, 0.15) is 0 Å².